The van der Waals surface area contributed by atoms with E-state index in [0.717, 1.165) is 69.7 Å². The minimum absolute atomic E-state index is 0.597. The van der Waals surface area contributed by atoms with Gasteiger partial charge in [-0.3, -0.25) is 0 Å². The molecule has 4 heterocycles. The number of fused-ring (bicyclic) bond motifs is 9. The molecule has 0 spiro atoms. The summed E-state index contributed by atoms with van der Waals surface area (Å²) in [7, 11) is 0. The Labute approximate surface area is 269 Å². The Bertz CT molecular complexity index is 2370. The van der Waals surface area contributed by atoms with Crippen molar-refractivity contribution in [1.82, 2.24) is 0 Å². The Morgan fingerprint density at radius 3 is 1.61 bits per heavy atom. The van der Waals surface area contributed by atoms with Crippen LogP contribution in [-0.2, 0) is 0 Å². The summed E-state index contributed by atoms with van der Waals surface area (Å²) < 4.78 is 13.2. The van der Waals surface area contributed by atoms with Crippen LogP contribution in [0.4, 0.5) is 17.1 Å². The number of rotatable bonds is 2. The predicted molar refractivity (Wildman–Crippen MR) is 193 cm³/mol. The zero-order valence-corrected chi connectivity index (χ0v) is 27.1. The number of furan rings is 2. The molecule has 0 saturated carbocycles. The number of nitrogens with zero attached hydrogens (tertiary/aromatic N) is 3. The van der Waals surface area contributed by atoms with Crippen LogP contribution in [0, 0.1) is 30.2 Å². The molecule has 0 amide bonds. The summed E-state index contributed by atoms with van der Waals surface area (Å²) in [6.45, 7) is 21.9. The Hall–Kier alpha value is -4.69. The highest BCUT2D eigenvalue weighted by molar-refractivity contribution is 6.25. The number of benzene rings is 5. The summed E-state index contributed by atoms with van der Waals surface area (Å²) in [4.78, 5) is 9.05. The summed E-state index contributed by atoms with van der Waals surface area (Å²) in [6.07, 6.45) is 2.58. The van der Waals surface area contributed by atoms with E-state index in [9.17, 15) is 0 Å². The normalized spacial score (nSPS) is 22.6. The predicted octanol–water partition coefficient (Wildman–Crippen LogP) is 11.3. The van der Waals surface area contributed by atoms with Crippen molar-refractivity contribution in [3.8, 4) is 0 Å². The fourth-order valence-electron chi connectivity index (χ4n) is 8.84. The lowest BCUT2D eigenvalue weighted by molar-refractivity contribution is 0.357. The largest absolute Gasteiger partial charge is 0.453 e. The third-order valence-electron chi connectivity index (χ3n) is 10.6. The lowest BCUT2D eigenvalue weighted by Crippen LogP contribution is -2.38. The highest BCUT2D eigenvalue weighted by atomic mass is 16.4. The Kier molecular flexibility index (Phi) is 6.10. The van der Waals surface area contributed by atoms with E-state index in [1.54, 1.807) is 0 Å². The van der Waals surface area contributed by atoms with Crippen molar-refractivity contribution in [2.45, 2.75) is 40.5 Å². The van der Waals surface area contributed by atoms with Gasteiger partial charge in [0.1, 0.15) is 11.2 Å². The second-order valence-electron chi connectivity index (χ2n) is 14.8. The van der Waals surface area contributed by atoms with Gasteiger partial charge in [-0.2, -0.15) is 0 Å². The molecule has 0 bridgehead atoms. The number of piperidine rings is 2. The molecular weight excluding hydrogens is 566 g/mol. The van der Waals surface area contributed by atoms with Crippen molar-refractivity contribution in [2.24, 2.45) is 23.7 Å². The van der Waals surface area contributed by atoms with Gasteiger partial charge in [-0.25, -0.2) is 4.85 Å². The van der Waals surface area contributed by atoms with Gasteiger partial charge in [0.2, 0.25) is 0 Å². The molecule has 9 rings (SSSR count). The molecule has 2 saturated heterocycles. The summed E-state index contributed by atoms with van der Waals surface area (Å²) in [5.74, 6) is 2.78. The molecule has 2 aromatic heterocycles. The zero-order chi connectivity index (χ0) is 31.3. The van der Waals surface area contributed by atoms with Crippen LogP contribution in [0.25, 0.3) is 70.3 Å². The van der Waals surface area contributed by atoms with Crippen molar-refractivity contribution in [1.29, 1.82) is 0 Å². The maximum Gasteiger partial charge on any atom is 0.199 e. The van der Waals surface area contributed by atoms with Crippen LogP contribution in [0.2, 0.25) is 0 Å². The van der Waals surface area contributed by atoms with Crippen molar-refractivity contribution >= 4 is 82.5 Å². The highest BCUT2D eigenvalue weighted by Gasteiger charge is 2.25. The van der Waals surface area contributed by atoms with Gasteiger partial charge in [0.15, 0.2) is 16.9 Å². The summed E-state index contributed by atoms with van der Waals surface area (Å²) in [5, 5.41) is 8.38. The first kappa shape index (κ1) is 27.6. The first-order chi connectivity index (χ1) is 22.3. The van der Waals surface area contributed by atoms with Crippen molar-refractivity contribution < 1.29 is 8.83 Å². The maximum atomic E-state index is 8.14. The zero-order valence-electron chi connectivity index (χ0n) is 27.1. The quantitative estimate of drug-likeness (QED) is 0.184. The molecule has 5 nitrogen and oxygen atoms in total. The van der Waals surface area contributed by atoms with Gasteiger partial charge in [0, 0.05) is 59.1 Å². The van der Waals surface area contributed by atoms with Crippen LogP contribution in [0.15, 0.2) is 75.6 Å². The lowest BCUT2D eigenvalue weighted by atomic mass is 9.91. The van der Waals surface area contributed by atoms with Gasteiger partial charge in [0.05, 0.1) is 6.57 Å². The molecule has 2 aliphatic heterocycles. The molecule has 0 N–H and O–H groups in total. The maximum absolute atomic E-state index is 8.14. The first-order valence-corrected chi connectivity index (χ1v) is 16.9. The summed E-state index contributed by atoms with van der Waals surface area (Å²) in [6, 6.07) is 24.2. The molecule has 7 aromatic rings. The molecule has 2 aliphatic rings. The molecule has 4 unspecified atom stereocenters. The Morgan fingerprint density at radius 1 is 0.565 bits per heavy atom. The summed E-state index contributed by atoms with van der Waals surface area (Å²) >= 11 is 0. The lowest BCUT2D eigenvalue weighted by Gasteiger charge is -2.36. The van der Waals surface area contributed by atoms with Crippen molar-refractivity contribution in [2.75, 3.05) is 36.0 Å². The third-order valence-corrected chi connectivity index (χ3v) is 10.6. The molecule has 230 valence electrons. The molecular formula is C41H39N3O2. The first-order valence-electron chi connectivity index (χ1n) is 16.9. The van der Waals surface area contributed by atoms with E-state index < -0.39 is 0 Å². The van der Waals surface area contributed by atoms with Crippen LogP contribution in [0.5, 0.6) is 0 Å². The third kappa shape index (κ3) is 4.34. The van der Waals surface area contributed by atoms with Gasteiger partial charge in [-0.1, -0.05) is 39.8 Å². The molecule has 5 aromatic carbocycles. The van der Waals surface area contributed by atoms with E-state index in [1.165, 1.54) is 35.0 Å². The molecule has 46 heavy (non-hydrogen) atoms. The van der Waals surface area contributed by atoms with Crippen LogP contribution < -0.4 is 9.80 Å². The number of anilines is 2. The van der Waals surface area contributed by atoms with Crippen molar-refractivity contribution in [3.63, 3.8) is 0 Å². The van der Waals surface area contributed by atoms with E-state index in [1.807, 2.05) is 6.07 Å². The van der Waals surface area contributed by atoms with Crippen LogP contribution in [0.3, 0.4) is 0 Å². The standard InChI is InChI=1S/C41H39N3O2/c1-23-10-24(2)20-43(19-23)31-8-6-27-14-33-34-18-36(42-5)39-35-15-28-7-9-32(44-21-25(3)11-26(4)22-44)13-30(28)17-38(35)46-41(39)40(34)45-37(33)16-29(27)12-31/h6-9,12-18,23-26H,10-11,19-22H2,1-4H3. The second-order valence-corrected chi connectivity index (χ2v) is 14.8. The smallest absolute Gasteiger partial charge is 0.199 e. The molecule has 5 heteroatoms. The Morgan fingerprint density at radius 2 is 1.07 bits per heavy atom. The van der Waals surface area contributed by atoms with Gasteiger partial charge in [0.25, 0.3) is 0 Å². The van der Waals surface area contributed by atoms with E-state index in [4.69, 9.17) is 15.4 Å². The molecule has 2 fully saturated rings. The van der Waals surface area contributed by atoms with E-state index >= 15 is 0 Å². The SMILES string of the molecule is [C-]#[N+]c1cc2c3cc4ccc(N5CC(C)CC(C)C5)cc4cc3oc2c2oc3cc4cc(N5CC(C)CC(C)C5)ccc4cc3c12. The van der Waals surface area contributed by atoms with Gasteiger partial charge in [-0.05, 0) is 113 Å². The molecule has 4 atom stereocenters. The average Bonchev–Trinajstić information content (AvgIpc) is 3.58. The fraction of sp³-hybridized carbons (Fsp3) is 0.341. The Balaban J connectivity index is 1.19. The van der Waals surface area contributed by atoms with Gasteiger partial charge < -0.3 is 18.6 Å². The van der Waals surface area contributed by atoms with E-state index in [0.29, 0.717) is 40.5 Å². The van der Waals surface area contributed by atoms with Crippen LogP contribution >= 0.6 is 0 Å². The monoisotopic (exact) mass is 605 g/mol. The highest BCUT2D eigenvalue weighted by Crippen LogP contribution is 2.46. The minimum Gasteiger partial charge on any atom is -0.453 e. The fourth-order valence-corrected chi connectivity index (χ4v) is 8.84. The van der Waals surface area contributed by atoms with Gasteiger partial charge in [-0.15, -0.1) is 0 Å². The van der Waals surface area contributed by atoms with Crippen molar-refractivity contribution in [3.05, 3.63) is 78.1 Å². The van der Waals surface area contributed by atoms with E-state index in [2.05, 4.69) is 103 Å². The minimum atomic E-state index is 0.597. The number of hydrogen-bond acceptors (Lipinski definition) is 4. The van der Waals surface area contributed by atoms with Crippen LogP contribution in [-0.4, -0.2) is 26.2 Å². The molecule has 0 aliphatic carbocycles. The van der Waals surface area contributed by atoms with Gasteiger partial charge >= 0.3 is 0 Å². The topological polar surface area (TPSA) is 37.1 Å². The van der Waals surface area contributed by atoms with E-state index in [-0.39, 0.29) is 0 Å². The van der Waals surface area contributed by atoms with Crippen LogP contribution in [0.1, 0.15) is 40.5 Å². The summed E-state index contributed by atoms with van der Waals surface area (Å²) in [5.41, 5.74) is 6.12. The second kappa shape index (κ2) is 10.2. The molecule has 0 radical (unpaired) electrons. The average molecular weight is 606 g/mol. The number of hydrogen-bond donors (Lipinski definition) is 0.